The summed E-state index contributed by atoms with van der Waals surface area (Å²) in [5, 5.41) is 3.04. The quantitative estimate of drug-likeness (QED) is 0.748. The number of sulfonamides is 1. The molecule has 1 amide bonds. The van der Waals surface area contributed by atoms with E-state index >= 15 is 0 Å². The summed E-state index contributed by atoms with van der Waals surface area (Å²) in [7, 11) is -3.60. The molecule has 0 bridgehead atoms. The van der Waals surface area contributed by atoms with Crippen LogP contribution in [-0.2, 0) is 16.4 Å². The molecule has 1 unspecified atom stereocenters. The summed E-state index contributed by atoms with van der Waals surface area (Å²) in [5.41, 5.74) is 3.86. The number of aryl methyl sites for hydroxylation is 2. The molecular formula is C23H30N2O3S. The fourth-order valence-electron chi connectivity index (χ4n) is 4.10. The van der Waals surface area contributed by atoms with Crippen LogP contribution < -0.4 is 5.32 Å². The molecule has 2 aromatic rings. The fraction of sp³-hybridized carbons (Fsp3) is 0.435. The lowest BCUT2D eigenvalue weighted by Gasteiger charge is -2.26. The van der Waals surface area contributed by atoms with Crippen LogP contribution in [0.4, 0.5) is 0 Å². The van der Waals surface area contributed by atoms with Gasteiger partial charge >= 0.3 is 0 Å². The summed E-state index contributed by atoms with van der Waals surface area (Å²) >= 11 is 0. The Labute approximate surface area is 174 Å². The van der Waals surface area contributed by atoms with Gasteiger partial charge in [0.25, 0.3) is 5.91 Å². The van der Waals surface area contributed by atoms with Crippen LogP contribution in [0, 0.1) is 6.92 Å². The van der Waals surface area contributed by atoms with Crippen LogP contribution in [0.25, 0.3) is 0 Å². The zero-order valence-corrected chi connectivity index (χ0v) is 18.3. The van der Waals surface area contributed by atoms with Gasteiger partial charge in [0.2, 0.25) is 10.0 Å². The first-order chi connectivity index (χ1) is 13.9. The first-order valence-electron chi connectivity index (χ1n) is 10.3. The maximum Gasteiger partial charge on any atom is 0.251 e. The van der Waals surface area contributed by atoms with Gasteiger partial charge in [0.15, 0.2) is 0 Å². The van der Waals surface area contributed by atoms with Gasteiger partial charge in [-0.25, -0.2) is 8.42 Å². The Morgan fingerprint density at radius 1 is 1.14 bits per heavy atom. The highest BCUT2D eigenvalue weighted by molar-refractivity contribution is 7.89. The average Bonchev–Trinajstić information content (AvgIpc) is 2.72. The van der Waals surface area contributed by atoms with Gasteiger partial charge in [-0.1, -0.05) is 44.2 Å². The molecule has 0 spiro atoms. The molecule has 0 fully saturated rings. The van der Waals surface area contributed by atoms with E-state index in [1.165, 1.54) is 21.5 Å². The summed E-state index contributed by atoms with van der Waals surface area (Å²) in [6.07, 6.45) is 3.26. The van der Waals surface area contributed by atoms with Crippen LogP contribution in [-0.4, -0.2) is 38.3 Å². The number of nitrogens with one attached hydrogen (secondary N) is 1. The predicted octanol–water partition coefficient (Wildman–Crippen LogP) is 3.88. The number of rotatable bonds is 7. The van der Waals surface area contributed by atoms with Gasteiger partial charge in [-0.05, 0) is 55.0 Å². The zero-order valence-electron chi connectivity index (χ0n) is 17.4. The van der Waals surface area contributed by atoms with Crippen molar-refractivity contribution in [2.45, 2.75) is 50.8 Å². The number of fused-ring (bicyclic) bond motifs is 1. The van der Waals surface area contributed by atoms with Gasteiger partial charge in [-0.2, -0.15) is 4.31 Å². The molecule has 29 heavy (non-hydrogen) atoms. The molecule has 0 saturated carbocycles. The van der Waals surface area contributed by atoms with E-state index < -0.39 is 10.0 Å². The van der Waals surface area contributed by atoms with Crippen molar-refractivity contribution < 1.29 is 13.2 Å². The monoisotopic (exact) mass is 414 g/mol. The van der Waals surface area contributed by atoms with Crippen molar-refractivity contribution in [1.82, 2.24) is 9.62 Å². The largest absolute Gasteiger partial charge is 0.351 e. The second-order valence-corrected chi connectivity index (χ2v) is 9.50. The number of nitrogens with zero attached hydrogens (tertiary/aromatic N) is 1. The van der Waals surface area contributed by atoms with Crippen molar-refractivity contribution in [3.8, 4) is 0 Å². The first kappa shape index (κ1) is 21.5. The molecule has 6 heteroatoms. The van der Waals surface area contributed by atoms with Crippen LogP contribution in [0.5, 0.6) is 0 Å². The smallest absolute Gasteiger partial charge is 0.251 e. The van der Waals surface area contributed by atoms with E-state index in [-0.39, 0.29) is 10.8 Å². The standard InChI is InChI=1S/C23H30N2O3S/c1-4-25(5-2)29(27,28)20-14-13-17(3)22(15-20)23(26)24-16-19-11-8-10-18-9-6-7-12-21(18)19/h6-7,9,12-15,19H,4-5,8,10-11,16H2,1-3H3,(H,24,26). The number of amides is 1. The van der Waals surface area contributed by atoms with E-state index in [2.05, 4.69) is 23.5 Å². The van der Waals surface area contributed by atoms with Crippen molar-refractivity contribution in [2.75, 3.05) is 19.6 Å². The van der Waals surface area contributed by atoms with Gasteiger partial charge < -0.3 is 5.32 Å². The van der Waals surface area contributed by atoms with Gasteiger partial charge in [-0.15, -0.1) is 0 Å². The molecule has 1 aliphatic carbocycles. The summed E-state index contributed by atoms with van der Waals surface area (Å²) in [6, 6.07) is 13.2. The minimum atomic E-state index is -3.60. The lowest BCUT2D eigenvalue weighted by molar-refractivity contribution is 0.0949. The van der Waals surface area contributed by atoms with Gasteiger partial charge in [0, 0.05) is 31.1 Å². The Balaban J connectivity index is 1.78. The van der Waals surface area contributed by atoms with Crippen molar-refractivity contribution in [1.29, 1.82) is 0 Å². The predicted molar refractivity (Wildman–Crippen MR) is 116 cm³/mol. The van der Waals surface area contributed by atoms with Crippen LogP contribution in [0.2, 0.25) is 0 Å². The second kappa shape index (κ2) is 9.09. The molecule has 1 atom stereocenters. The average molecular weight is 415 g/mol. The Kier molecular flexibility index (Phi) is 6.75. The third-order valence-electron chi connectivity index (χ3n) is 5.80. The lowest BCUT2D eigenvalue weighted by Crippen LogP contribution is -2.32. The Morgan fingerprint density at radius 2 is 1.86 bits per heavy atom. The topological polar surface area (TPSA) is 66.5 Å². The zero-order chi connectivity index (χ0) is 21.0. The third-order valence-corrected chi connectivity index (χ3v) is 7.85. The van der Waals surface area contributed by atoms with Crippen LogP contribution in [0.3, 0.4) is 0 Å². The van der Waals surface area contributed by atoms with Crippen molar-refractivity contribution >= 4 is 15.9 Å². The Bertz CT molecular complexity index is 981. The van der Waals surface area contributed by atoms with Crippen molar-refractivity contribution in [3.05, 3.63) is 64.7 Å². The molecule has 0 saturated heterocycles. The van der Waals surface area contributed by atoms with Crippen LogP contribution >= 0.6 is 0 Å². The van der Waals surface area contributed by atoms with E-state index in [1.54, 1.807) is 12.1 Å². The molecule has 2 aromatic carbocycles. The van der Waals surface area contributed by atoms with Crippen molar-refractivity contribution in [2.24, 2.45) is 0 Å². The summed E-state index contributed by atoms with van der Waals surface area (Å²) < 4.78 is 27.0. The molecule has 0 heterocycles. The summed E-state index contributed by atoms with van der Waals surface area (Å²) in [6.45, 7) is 6.81. The highest BCUT2D eigenvalue weighted by Gasteiger charge is 2.24. The maximum absolute atomic E-state index is 12.9. The van der Waals surface area contributed by atoms with E-state index in [0.717, 1.165) is 24.8 Å². The molecule has 0 aromatic heterocycles. The van der Waals surface area contributed by atoms with E-state index in [4.69, 9.17) is 0 Å². The first-order valence-corrected chi connectivity index (χ1v) is 11.8. The molecule has 1 N–H and O–H groups in total. The molecule has 156 valence electrons. The number of benzene rings is 2. The number of hydrogen-bond acceptors (Lipinski definition) is 3. The van der Waals surface area contributed by atoms with Gasteiger partial charge in [-0.3, -0.25) is 4.79 Å². The normalized spacial score (nSPS) is 16.5. The minimum absolute atomic E-state index is 0.167. The SMILES string of the molecule is CCN(CC)S(=O)(=O)c1ccc(C)c(C(=O)NCC2CCCc3ccccc32)c1. The molecule has 0 radical (unpaired) electrons. The van der Waals surface area contributed by atoms with Crippen LogP contribution in [0.15, 0.2) is 47.4 Å². The third kappa shape index (κ3) is 4.54. The second-order valence-electron chi connectivity index (χ2n) is 7.56. The molecule has 3 rings (SSSR count). The van der Waals surface area contributed by atoms with E-state index in [1.807, 2.05) is 26.8 Å². The Morgan fingerprint density at radius 3 is 2.59 bits per heavy atom. The molecule has 0 aliphatic heterocycles. The lowest BCUT2D eigenvalue weighted by atomic mass is 9.83. The highest BCUT2D eigenvalue weighted by atomic mass is 32.2. The summed E-state index contributed by atoms with van der Waals surface area (Å²) in [5.74, 6) is 0.0777. The fourth-order valence-corrected chi connectivity index (χ4v) is 5.58. The molecular weight excluding hydrogens is 384 g/mol. The van der Waals surface area contributed by atoms with Crippen molar-refractivity contribution in [3.63, 3.8) is 0 Å². The number of carbonyl (C=O) groups is 1. The maximum atomic E-state index is 12.9. The summed E-state index contributed by atoms with van der Waals surface area (Å²) in [4.78, 5) is 13.1. The minimum Gasteiger partial charge on any atom is -0.351 e. The molecule has 1 aliphatic rings. The number of carbonyl (C=O) groups excluding carboxylic acids is 1. The van der Waals surface area contributed by atoms with Gasteiger partial charge in [0.05, 0.1) is 4.90 Å². The van der Waals surface area contributed by atoms with E-state index in [0.29, 0.717) is 31.1 Å². The van der Waals surface area contributed by atoms with Gasteiger partial charge in [0.1, 0.15) is 0 Å². The van der Waals surface area contributed by atoms with E-state index in [9.17, 15) is 13.2 Å². The van der Waals surface area contributed by atoms with Crippen LogP contribution in [0.1, 0.15) is 59.7 Å². The number of hydrogen-bond donors (Lipinski definition) is 1. The highest BCUT2D eigenvalue weighted by Crippen LogP contribution is 2.31. The Hall–Kier alpha value is -2.18. The molecule has 5 nitrogen and oxygen atoms in total.